The summed E-state index contributed by atoms with van der Waals surface area (Å²) < 4.78 is 5.69. The van der Waals surface area contributed by atoms with E-state index in [4.69, 9.17) is 4.74 Å². The Morgan fingerprint density at radius 1 is 0.906 bits per heavy atom. The van der Waals surface area contributed by atoms with E-state index >= 15 is 0 Å². The van der Waals surface area contributed by atoms with Crippen LogP contribution in [0.3, 0.4) is 0 Å². The first-order valence-corrected chi connectivity index (χ1v) is 13.9. The third-order valence-electron chi connectivity index (χ3n) is 5.01. The van der Waals surface area contributed by atoms with Gasteiger partial charge in [0, 0.05) is 6.61 Å². The van der Waals surface area contributed by atoms with Crippen LogP contribution in [0.2, 0.25) is 0 Å². The molecule has 1 aliphatic rings. The third kappa shape index (κ3) is 8.51. The quantitative estimate of drug-likeness (QED) is 0.190. The first-order chi connectivity index (χ1) is 14.4. The Kier molecular flexibility index (Phi) is 14.0. The fourth-order valence-corrected chi connectivity index (χ4v) is 5.74. The van der Waals surface area contributed by atoms with Crippen molar-refractivity contribution in [2.24, 2.45) is 5.41 Å². The number of hydrogen-bond donors (Lipinski definition) is 0. The second-order valence-corrected chi connectivity index (χ2v) is 10.8. The molecule has 0 saturated carbocycles. The molecule has 174 valence electrons. The van der Waals surface area contributed by atoms with E-state index in [0.29, 0.717) is 12.2 Å². The van der Waals surface area contributed by atoms with Gasteiger partial charge in [-0.1, -0.05) is 63.2 Å². The van der Waals surface area contributed by atoms with Crippen LogP contribution in [0.25, 0.3) is 0 Å². The van der Waals surface area contributed by atoms with Crippen LogP contribution in [0.5, 0.6) is 0 Å². The predicted octanol–water partition coefficient (Wildman–Crippen LogP) is 5.96. The molecule has 0 unspecified atom stereocenters. The van der Waals surface area contributed by atoms with Crippen molar-refractivity contribution in [3.05, 3.63) is 110 Å². The van der Waals surface area contributed by atoms with E-state index in [0.717, 1.165) is 11.7 Å². The molecule has 0 aliphatic heterocycles. The zero-order valence-electron chi connectivity index (χ0n) is 19.9. The molecule has 0 amide bonds. The zero-order valence-corrected chi connectivity index (χ0v) is 23.4. The molecule has 2 aromatic rings. The van der Waals surface area contributed by atoms with Gasteiger partial charge in [0.2, 0.25) is 0 Å². The number of allylic oxidation sites excluding steroid dienone is 5. The molecule has 0 atom stereocenters. The molecule has 32 heavy (non-hydrogen) atoms. The van der Waals surface area contributed by atoms with Crippen LogP contribution in [-0.2, 0) is 22.0 Å². The molecular formula is C27H35ClO2PRu+. The second kappa shape index (κ2) is 14.7. The minimum absolute atomic E-state index is 0. The molecule has 0 saturated heterocycles. The van der Waals surface area contributed by atoms with E-state index in [1.807, 2.05) is 42.4 Å². The van der Waals surface area contributed by atoms with Crippen LogP contribution >= 0.6 is 17.6 Å². The Morgan fingerprint density at radius 3 is 1.78 bits per heavy atom. The molecule has 0 bridgehead atoms. The first-order valence-electron chi connectivity index (χ1n) is 9.91. The van der Waals surface area contributed by atoms with Gasteiger partial charge in [0.1, 0.15) is 0 Å². The van der Waals surface area contributed by atoms with Gasteiger partial charge in [-0.3, -0.25) is 0 Å². The summed E-state index contributed by atoms with van der Waals surface area (Å²) >= 11 is 1.82. The normalized spacial score (nSPS) is 14.2. The maximum atomic E-state index is 12.6. The number of benzene rings is 2. The fourth-order valence-electron chi connectivity index (χ4n) is 3.33. The van der Waals surface area contributed by atoms with Crippen LogP contribution in [0.1, 0.15) is 27.7 Å². The Bertz CT molecular complexity index is 861. The van der Waals surface area contributed by atoms with Crippen molar-refractivity contribution in [3.8, 4) is 0 Å². The Labute approximate surface area is 210 Å². The van der Waals surface area contributed by atoms with Gasteiger partial charge in [-0.05, 0) is 59.4 Å². The molecule has 0 radical (unpaired) electrons. The summed E-state index contributed by atoms with van der Waals surface area (Å²) in [6, 6.07) is 21.1. The Morgan fingerprint density at radius 2 is 1.38 bits per heavy atom. The van der Waals surface area contributed by atoms with Crippen LogP contribution in [-0.4, -0.2) is 12.8 Å². The average molecular weight is 559 g/mol. The molecule has 5 heteroatoms. The van der Waals surface area contributed by atoms with Gasteiger partial charge in [0.25, 0.3) is 0 Å². The fraction of sp³-hybridized carbons (Fsp3) is 0.259. The Balaban J connectivity index is 0.00000234. The van der Waals surface area contributed by atoms with Gasteiger partial charge in [-0.2, -0.15) is 0 Å². The number of rotatable bonds is 6. The van der Waals surface area contributed by atoms with Crippen molar-refractivity contribution in [1.82, 2.24) is 0 Å². The molecular weight excluding hydrogens is 524 g/mol. The number of hydrogen-bond acceptors (Lipinski definition) is 2. The van der Waals surface area contributed by atoms with Crippen LogP contribution < -0.4 is 15.7 Å². The maximum absolute atomic E-state index is 12.6. The van der Waals surface area contributed by atoms with Gasteiger partial charge >= 0.3 is 27.0 Å². The first kappa shape index (κ1) is 30.6. The van der Waals surface area contributed by atoms with Crippen LogP contribution in [0, 0.1) is 20.3 Å². The summed E-state index contributed by atoms with van der Waals surface area (Å²) in [7, 11) is 3.59. The van der Waals surface area contributed by atoms with Crippen molar-refractivity contribution >= 4 is 28.2 Å². The molecule has 2 aromatic carbocycles. The van der Waals surface area contributed by atoms with Crippen molar-refractivity contribution < 1.29 is 27.2 Å². The van der Waals surface area contributed by atoms with Gasteiger partial charge in [-0.15, -0.1) is 0 Å². The zero-order chi connectivity index (χ0) is 22.1. The predicted molar refractivity (Wildman–Crippen MR) is 138 cm³/mol. The molecule has 2 nitrogen and oxygen atoms in total. The van der Waals surface area contributed by atoms with E-state index in [9.17, 15) is 5.11 Å². The van der Waals surface area contributed by atoms with E-state index in [-0.39, 0.29) is 26.2 Å². The summed E-state index contributed by atoms with van der Waals surface area (Å²) in [5.41, 5.74) is 2.89. The van der Waals surface area contributed by atoms with E-state index in [1.165, 1.54) is 16.2 Å². The molecule has 0 aromatic heterocycles. The van der Waals surface area contributed by atoms with Gasteiger partial charge in [0.15, 0.2) is 0 Å². The summed E-state index contributed by atoms with van der Waals surface area (Å²) in [6.07, 6.45) is 4.94. The van der Waals surface area contributed by atoms with Gasteiger partial charge < -0.3 is 24.7 Å². The van der Waals surface area contributed by atoms with Crippen LogP contribution in [0.15, 0.2) is 95.5 Å². The molecule has 0 fully saturated rings. The standard InChI is InChI=1S/C25H29O2P.2CH3.ClH.Ru/c1-19-17-20(25(2,3)4)18-23(19)24(26)27-15-16-28(21-11-7-5-8-12-21)22-13-9-6-10-14-22;;;;/h5-14,17-18,26H,15-16H2,1-4H3;2*1H3;1H;/q;2*-1;;+4/p-1/b24-23-;;;;. The monoisotopic (exact) mass is 559 g/mol. The number of ether oxygens (including phenoxy) is 1. The molecule has 0 spiro atoms. The van der Waals surface area contributed by atoms with Crippen molar-refractivity contribution in [1.29, 1.82) is 0 Å². The van der Waals surface area contributed by atoms with Crippen LogP contribution in [0.4, 0.5) is 0 Å². The number of halogens is 1. The molecule has 3 rings (SSSR count). The average Bonchev–Trinajstić information content (AvgIpc) is 3.16. The van der Waals surface area contributed by atoms with Gasteiger partial charge in [0.05, 0.1) is 30.6 Å². The van der Waals surface area contributed by atoms with Gasteiger partial charge in [-0.25, -0.2) is 0 Å². The molecule has 0 heterocycles. The van der Waals surface area contributed by atoms with E-state index < -0.39 is 7.92 Å². The Hall–Kier alpha value is -1.40. The molecule has 0 N–H and O–H groups in total. The van der Waals surface area contributed by atoms with E-state index in [2.05, 4.69) is 85.1 Å². The summed E-state index contributed by atoms with van der Waals surface area (Å²) in [5, 5.41) is 15.3. The van der Waals surface area contributed by atoms with Crippen molar-refractivity contribution in [3.63, 3.8) is 0 Å². The summed E-state index contributed by atoms with van der Waals surface area (Å²) in [5.74, 6) is -0.213. The SMILES string of the molecule is CC1=CC(C(C)(C)C)=C/C1=C(\[O-])OCC[PH+](c1ccccc1)c1ccccc1.[CH3-].[CH3-].[Cl][Ru+3]. The topological polar surface area (TPSA) is 32.3 Å². The van der Waals surface area contributed by atoms with Crippen molar-refractivity contribution in [2.75, 3.05) is 12.8 Å². The molecule has 1 aliphatic carbocycles. The van der Waals surface area contributed by atoms with Crippen molar-refractivity contribution in [2.45, 2.75) is 27.7 Å². The minimum atomic E-state index is -0.982. The third-order valence-corrected chi connectivity index (χ3v) is 7.78. The van der Waals surface area contributed by atoms with E-state index in [1.54, 1.807) is 0 Å². The second-order valence-electron chi connectivity index (χ2n) is 8.19. The summed E-state index contributed by atoms with van der Waals surface area (Å²) in [4.78, 5) is 0. The summed E-state index contributed by atoms with van der Waals surface area (Å²) in [6.45, 7) is 8.89.